The first-order valence-electron chi connectivity index (χ1n) is 10.3. The zero-order chi connectivity index (χ0) is 21.4. The Morgan fingerprint density at radius 1 is 1.16 bits per heavy atom. The van der Waals surface area contributed by atoms with Gasteiger partial charge in [-0.3, -0.25) is 5.10 Å². The van der Waals surface area contributed by atoms with Crippen molar-refractivity contribution in [3.63, 3.8) is 0 Å². The highest BCUT2D eigenvalue weighted by molar-refractivity contribution is 9.10. The molecule has 0 amide bonds. The average Bonchev–Trinajstić information content (AvgIpc) is 3.19. The van der Waals surface area contributed by atoms with Gasteiger partial charge in [0.1, 0.15) is 5.52 Å². The molecule has 2 aromatic heterocycles. The quantitative estimate of drug-likeness (QED) is 0.336. The van der Waals surface area contributed by atoms with Crippen molar-refractivity contribution >= 4 is 49.4 Å². The van der Waals surface area contributed by atoms with Gasteiger partial charge in [-0.15, -0.1) is 0 Å². The standard InChI is InChI=1S/C22H22BrN5O3/c23-17-8-1-12-10-24-22(25-13-2-7-16-18(9-13)27-28-19(16)11-29)26-20(12)21(17)31-15-5-3-14(30)4-6-15/h1-2,7-10,14-15,29-30H,3-6,11H2,(H,27,28)(H,24,25,26). The average molecular weight is 484 g/mol. The number of hydrogen-bond donors (Lipinski definition) is 4. The smallest absolute Gasteiger partial charge is 0.227 e. The van der Waals surface area contributed by atoms with Crippen LogP contribution in [-0.4, -0.2) is 42.6 Å². The number of anilines is 2. The van der Waals surface area contributed by atoms with Crippen molar-refractivity contribution in [2.45, 2.75) is 44.5 Å². The van der Waals surface area contributed by atoms with Gasteiger partial charge in [-0.05, 0) is 71.9 Å². The minimum Gasteiger partial charge on any atom is -0.487 e. The Bertz CT molecular complexity index is 1240. The Morgan fingerprint density at radius 3 is 2.81 bits per heavy atom. The monoisotopic (exact) mass is 483 g/mol. The number of aliphatic hydroxyl groups is 2. The van der Waals surface area contributed by atoms with Crippen LogP contribution in [0.2, 0.25) is 0 Å². The Hall–Kier alpha value is -2.75. The lowest BCUT2D eigenvalue weighted by atomic mass is 9.95. The van der Waals surface area contributed by atoms with Gasteiger partial charge in [-0.1, -0.05) is 0 Å². The van der Waals surface area contributed by atoms with Gasteiger partial charge < -0.3 is 20.3 Å². The number of hydrogen-bond acceptors (Lipinski definition) is 7. The van der Waals surface area contributed by atoms with Crippen molar-refractivity contribution in [2.75, 3.05) is 5.32 Å². The van der Waals surface area contributed by atoms with E-state index in [4.69, 9.17) is 9.72 Å². The zero-order valence-electron chi connectivity index (χ0n) is 16.7. The van der Waals surface area contributed by atoms with Gasteiger partial charge in [0.25, 0.3) is 0 Å². The van der Waals surface area contributed by atoms with Crippen molar-refractivity contribution in [1.29, 1.82) is 0 Å². The highest BCUT2D eigenvalue weighted by atomic mass is 79.9. The van der Waals surface area contributed by atoms with Crippen molar-refractivity contribution < 1.29 is 14.9 Å². The molecule has 5 rings (SSSR count). The molecule has 9 heteroatoms. The second-order valence-corrected chi connectivity index (χ2v) is 8.62. The normalized spacial score (nSPS) is 19.1. The molecule has 1 fully saturated rings. The van der Waals surface area contributed by atoms with Gasteiger partial charge in [0.15, 0.2) is 5.75 Å². The SMILES string of the molecule is OCc1n[nH]c2cc(Nc3ncc4ccc(Br)c(OC5CCC(O)CC5)c4n3)ccc12. The third-order valence-electron chi connectivity index (χ3n) is 5.63. The minimum atomic E-state index is -0.227. The lowest BCUT2D eigenvalue weighted by molar-refractivity contribution is 0.0669. The number of nitrogens with one attached hydrogen (secondary N) is 2. The largest absolute Gasteiger partial charge is 0.487 e. The summed E-state index contributed by atoms with van der Waals surface area (Å²) in [7, 11) is 0. The van der Waals surface area contributed by atoms with Crippen LogP contribution in [0.25, 0.3) is 21.8 Å². The molecule has 1 aliphatic rings. The van der Waals surface area contributed by atoms with E-state index in [1.54, 1.807) is 6.20 Å². The van der Waals surface area contributed by atoms with Crippen molar-refractivity contribution in [3.8, 4) is 5.75 Å². The molecule has 1 saturated carbocycles. The predicted octanol–water partition coefficient (Wildman–Crippen LogP) is 4.19. The molecule has 31 heavy (non-hydrogen) atoms. The molecule has 0 aliphatic heterocycles. The molecular weight excluding hydrogens is 462 g/mol. The van der Waals surface area contributed by atoms with Crippen LogP contribution in [0.3, 0.4) is 0 Å². The van der Waals surface area contributed by atoms with E-state index in [0.717, 1.165) is 57.6 Å². The van der Waals surface area contributed by atoms with Crippen molar-refractivity contribution in [2.24, 2.45) is 0 Å². The van der Waals surface area contributed by atoms with E-state index < -0.39 is 0 Å². The number of rotatable bonds is 5. The molecule has 0 atom stereocenters. The molecule has 0 saturated heterocycles. The first-order chi connectivity index (χ1) is 15.1. The van der Waals surface area contributed by atoms with Crippen molar-refractivity contribution in [1.82, 2.24) is 20.2 Å². The Morgan fingerprint density at radius 2 is 2.00 bits per heavy atom. The third-order valence-corrected chi connectivity index (χ3v) is 6.26. The van der Waals surface area contributed by atoms with Crippen molar-refractivity contribution in [3.05, 3.63) is 46.7 Å². The lowest BCUT2D eigenvalue weighted by Gasteiger charge is -2.27. The van der Waals surface area contributed by atoms with Gasteiger partial charge in [-0.25, -0.2) is 9.97 Å². The summed E-state index contributed by atoms with van der Waals surface area (Å²) in [6.07, 6.45) is 4.74. The number of H-pyrrole nitrogens is 1. The van der Waals surface area contributed by atoms with E-state index in [1.807, 2.05) is 30.3 Å². The highest BCUT2D eigenvalue weighted by Gasteiger charge is 2.23. The summed E-state index contributed by atoms with van der Waals surface area (Å²) in [6, 6.07) is 9.60. The Labute approximate surface area is 186 Å². The van der Waals surface area contributed by atoms with Crippen LogP contribution < -0.4 is 10.1 Å². The van der Waals surface area contributed by atoms with E-state index in [1.165, 1.54) is 0 Å². The maximum Gasteiger partial charge on any atom is 0.227 e. The summed E-state index contributed by atoms with van der Waals surface area (Å²) in [5.74, 6) is 1.15. The minimum absolute atomic E-state index is 0.0557. The fraction of sp³-hybridized carbons (Fsp3) is 0.318. The van der Waals surface area contributed by atoms with Crippen LogP contribution in [0.5, 0.6) is 5.75 Å². The number of aliphatic hydroxyl groups excluding tert-OH is 2. The summed E-state index contributed by atoms with van der Waals surface area (Å²) >= 11 is 3.60. The van der Waals surface area contributed by atoms with Gasteiger partial charge in [0.05, 0.1) is 34.5 Å². The van der Waals surface area contributed by atoms with E-state index in [2.05, 4.69) is 36.4 Å². The summed E-state index contributed by atoms with van der Waals surface area (Å²) in [4.78, 5) is 9.16. The molecular formula is C22H22BrN5O3. The molecule has 4 aromatic rings. The molecule has 8 nitrogen and oxygen atoms in total. The molecule has 2 heterocycles. The molecule has 1 aliphatic carbocycles. The molecule has 4 N–H and O–H groups in total. The van der Waals surface area contributed by atoms with Gasteiger partial charge >= 0.3 is 0 Å². The van der Waals surface area contributed by atoms with Crippen LogP contribution in [0.4, 0.5) is 11.6 Å². The van der Waals surface area contributed by atoms with Crippen LogP contribution in [0.15, 0.2) is 41.0 Å². The van der Waals surface area contributed by atoms with E-state index in [0.29, 0.717) is 17.4 Å². The van der Waals surface area contributed by atoms with Gasteiger partial charge in [0.2, 0.25) is 5.95 Å². The number of aromatic nitrogens is 4. The second-order valence-electron chi connectivity index (χ2n) is 7.77. The van der Waals surface area contributed by atoms with Crippen LogP contribution in [-0.2, 0) is 6.61 Å². The number of benzene rings is 2. The number of halogens is 1. The van der Waals surface area contributed by atoms with Crippen LogP contribution in [0.1, 0.15) is 31.4 Å². The Kier molecular flexibility index (Phi) is 5.47. The number of fused-ring (bicyclic) bond motifs is 2. The summed E-state index contributed by atoms with van der Waals surface area (Å²) < 4.78 is 7.15. The Balaban J connectivity index is 1.44. The lowest BCUT2D eigenvalue weighted by Crippen LogP contribution is -2.26. The maximum atomic E-state index is 9.77. The number of ether oxygens (including phenoxy) is 1. The first kappa shape index (κ1) is 20.2. The topological polar surface area (TPSA) is 116 Å². The molecule has 0 bridgehead atoms. The summed E-state index contributed by atoms with van der Waals surface area (Å²) in [5, 5.41) is 31.2. The highest BCUT2D eigenvalue weighted by Crippen LogP contribution is 2.36. The second kappa shape index (κ2) is 8.41. The predicted molar refractivity (Wildman–Crippen MR) is 121 cm³/mol. The maximum absolute atomic E-state index is 9.77. The fourth-order valence-corrected chi connectivity index (χ4v) is 4.37. The number of aromatic amines is 1. The molecule has 160 valence electrons. The zero-order valence-corrected chi connectivity index (χ0v) is 18.3. The summed E-state index contributed by atoms with van der Waals surface area (Å²) in [5.41, 5.74) is 2.97. The molecule has 0 spiro atoms. The van der Waals surface area contributed by atoms with Crippen LogP contribution in [0, 0.1) is 0 Å². The van der Waals surface area contributed by atoms with Gasteiger partial charge in [0, 0.05) is 22.7 Å². The molecule has 0 unspecified atom stereocenters. The fourth-order valence-electron chi connectivity index (χ4n) is 3.95. The molecule has 2 aromatic carbocycles. The van der Waals surface area contributed by atoms with Gasteiger partial charge in [-0.2, -0.15) is 5.10 Å². The third kappa shape index (κ3) is 4.08. The number of nitrogens with zero attached hydrogens (tertiary/aromatic N) is 3. The first-order valence-corrected chi connectivity index (χ1v) is 11.0. The van der Waals surface area contributed by atoms with E-state index >= 15 is 0 Å². The van der Waals surface area contributed by atoms with E-state index in [9.17, 15) is 10.2 Å². The van der Waals surface area contributed by atoms with Crippen LogP contribution >= 0.6 is 15.9 Å². The summed E-state index contributed by atoms with van der Waals surface area (Å²) in [6.45, 7) is -0.113. The molecule has 0 radical (unpaired) electrons. The van der Waals surface area contributed by atoms with E-state index in [-0.39, 0.29) is 18.8 Å².